The molecule has 5 heteroatoms. The van der Waals surface area contributed by atoms with E-state index in [1.807, 2.05) is 30.3 Å². The zero-order valence-electron chi connectivity index (χ0n) is 12.1. The van der Waals surface area contributed by atoms with Gasteiger partial charge in [-0.1, -0.05) is 60.7 Å². The lowest BCUT2D eigenvalue weighted by Gasteiger charge is -2.13. The highest BCUT2D eigenvalue weighted by molar-refractivity contribution is 7.53. The summed E-state index contributed by atoms with van der Waals surface area (Å²) in [6.45, 7) is 0. The second-order valence-corrected chi connectivity index (χ2v) is 6.82. The number of fused-ring (bicyclic) bond motifs is 5. The van der Waals surface area contributed by atoms with Crippen molar-refractivity contribution in [3.8, 4) is 0 Å². The Kier molecular flexibility index (Phi) is 3.13. The fourth-order valence-corrected chi connectivity index (χ4v) is 3.62. The van der Waals surface area contributed by atoms with Gasteiger partial charge in [0, 0.05) is 5.39 Å². The predicted molar refractivity (Wildman–Crippen MR) is 94.6 cm³/mol. The molecule has 0 aromatic heterocycles. The molecule has 0 saturated heterocycles. The SMILES string of the molecule is O=P(O)(O)Nc1cccc2c1ccc1c3ccccc3ccc21. The highest BCUT2D eigenvalue weighted by Crippen LogP contribution is 2.40. The van der Waals surface area contributed by atoms with E-state index in [4.69, 9.17) is 0 Å². The maximum absolute atomic E-state index is 11.3. The van der Waals surface area contributed by atoms with Crippen LogP contribution in [0.5, 0.6) is 0 Å². The van der Waals surface area contributed by atoms with E-state index in [-0.39, 0.29) is 0 Å². The Labute approximate surface area is 132 Å². The molecule has 4 nitrogen and oxygen atoms in total. The van der Waals surface area contributed by atoms with Crippen molar-refractivity contribution in [1.82, 2.24) is 0 Å². The van der Waals surface area contributed by atoms with Gasteiger partial charge in [-0.25, -0.2) is 4.57 Å². The quantitative estimate of drug-likeness (QED) is 0.371. The van der Waals surface area contributed by atoms with Crippen molar-refractivity contribution >= 4 is 45.8 Å². The van der Waals surface area contributed by atoms with Gasteiger partial charge in [0.15, 0.2) is 0 Å². The van der Waals surface area contributed by atoms with Gasteiger partial charge in [-0.2, -0.15) is 0 Å². The monoisotopic (exact) mass is 323 g/mol. The first kappa shape index (κ1) is 14.2. The van der Waals surface area contributed by atoms with Crippen molar-refractivity contribution in [3.05, 3.63) is 66.7 Å². The van der Waals surface area contributed by atoms with Crippen LogP contribution in [0, 0.1) is 0 Å². The summed E-state index contributed by atoms with van der Waals surface area (Å²) >= 11 is 0. The Morgan fingerprint density at radius 3 is 2.09 bits per heavy atom. The van der Waals surface area contributed by atoms with E-state index in [0.717, 1.165) is 21.5 Å². The van der Waals surface area contributed by atoms with Crippen LogP contribution in [-0.2, 0) is 4.57 Å². The highest BCUT2D eigenvalue weighted by Gasteiger charge is 2.15. The van der Waals surface area contributed by atoms with Crippen LogP contribution >= 0.6 is 7.75 Å². The summed E-state index contributed by atoms with van der Waals surface area (Å²) in [6, 6.07) is 21.7. The smallest absolute Gasteiger partial charge is 0.308 e. The molecule has 0 aliphatic rings. The van der Waals surface area contributed by atoms with Crippen LogP contribution in [0.1, 0.15) is 0 Å². The van der Waals surface area contributed by atoms with Gasteiger partial charge in [-0.15, -0.1) is 0 Å². The molecule has 3 N–H and O–H groups in total. The average Bonchev–Trinajstić information content (AvgIpc) is 2.53. The van der Waals surface area contributed by atoms with Crippen LogP contribution in [0.25, 0.3) is 32.3 Å². The molecule has 4 aromatic carbocycles. The molecule has 0 amide bonds. The van der Waals surface area contributed by atoms with E-state index < -0.39 is 7.75 Å². The first-order chi connectivity index (χ1) is 11.0. The molecule has 0 aliphatic heterocycles. The topological polar surface area (TPSA) is 69.6 Å². The average molecular weight is 323 g/mol. The maximum atomic E-state index is 11.3. The fraction of sp³-hybridized carbons (Fsp3) is 0. The summed E-state index contributed by atoms with van der Waals surface area (Å²) in [4.78, 5) is 18.4. The summed E-state index contributed by atoms with van der Waals surface area (Å²) in [5.74, 6) is 0. The van der Waals surface area contributed by atoms with Crippen molar-refractivity contribution < 1.29 is 14.4 Å². The number of rotatable bonds is 2. The summed E-state index contributed by atoms with van der Waals surface area (Å²) < 4.78 is 11.3. The minimum atomic E-state index is -4.34. The Morgan fingerprint density at radius 2 is 1.26 bits per heavy atom. The minimum Gasteiger partial charge on any atom is -0.308 e. The molecule has 114 valence electrons. The van der Waals surface area contributed by atoms with Crippen molar-refractivity contribution in [2.24, 2.45) is 0 Å². The minimum absolute atomic E-state index is 0.436. The maximum Gasteiger partial charge on any atom is 0.427 e. The molecule has 23 heavy (non-hydrogen) atoms. The normalized spacial score (nSPS) is 12.1. The number of nitrogens with one attached hydrogen (secondary N) is 1. The molecule has 4 rings (SSSR count). The standard InChI is InChI=1S/C18H14NO3P/c20-23(21,22)19-18-7-3-6-14-16-9-8-12-4-1-2-5-13(12)15(16)10-11-17(14)18/h1-11H,(H3,19,20,21,22). The van der Waals surface area contributed by atoms with Gasteiger partial charge in [0.05, 0.1) is 5.69 Å². The summed E-state index contributed by atoms with van der Waals surface area (Å²) in [7, 11) is -4.34. The van der Waals surface area contributed by atoms with Crippen LogP contribution in [0.2, 0.25) is 0 Å². The third kappa shape index (κ3) is 2.47. The number of benzene rings is 4. The number of hydrogen-bond acceptors (Lipinski definition) is 1. The van der Waals surface area contributed by atoms with E-state index in [0.29, 0.717) is 5.69 Å². The van der Waals surface area contributed by atoms with Gasteiger partial charge < -0.3 is 9.79 Å². The fourth-order valence-electron chi connectivity index (χ4n) is 3.11. The zero-order chi connectivity index (χ0) is 16.0. The lowest BCUT2D eigenvalue weighted by atomic mass is 9.96. The molecule has 0 unspecified atom stereocenters. The third-order valence-corrected chi connectivity index (χ3v) is 4.58. The van der Waals surface area contributed by atoms with Crippen LogP contribution in [-0.4, -0.2) is 9.79 Å². The van der Waals surface area contributed by atoms with E-state index in [9.17, 15) is 14.4 Å². The molecule has 0 saturated carbocycles. The molecule has 4 aromatic rings. The van der Waals surface area contributed by atoms with Crippen LogP contribution < -0.4 is 5.09 Å². The zero-order valence-corrected chi connectivity index (χ0v) is 13.0. The molecule has 0 atom stereocenters. The molecule has 0 aliphatic carbocycles. The lowest BCUT2D eigenvalue weighted by molar-refractivity contribution is 0.380. The van der Waals surface area contributed by atoms with Gasteiger partial charge >= 0.3 is 7.75 Å². The largest absolute Gasteiger partial charge is 0.427 e. The molecular weight excluding hydrogens is 309 g/mol. The lowest BCUT2D eigenvalue weighted by Crippen LogP contribution is -1.95. The van der Waals surface area contributed by atoms with E-state index in [2.05, 4.69) is 29.4 Å². The molecule has 0 heterocycles. The van der Waals surface area contributed by atoms with Gasteiger partial charge in [-0.3, -0.25) is 5.09 Å². The van der Waals surface area contributed by atoms with Crippen LogP contribution in [0.15, 0.2) is 66.7 Å². The van der Waals surface area contributed by atoms with Crippen LogP contribution in [0.4, 0.5) is 5.69 Å². The van der Waals surface area contributed by atoms with Gasteiger partial charge in [0.2, 0.25) is 0 Å². The van der Waals surface area contributed by atoms with Crippen molar-refractivity contribution in [2.45, 2.75) is 0 Å². The summed E-state index contributed by atoms with van der Waals surface area (Å²) in [6.07, 6.45) is 0. The van der Waals surface area contributed by atoms with E-state index in [1.165, 1.54) is 10.8 Å². The third-order valence-electron chi connectivity index (χ3n) is 4.05. The first-order valence-corrected chi connectivity index (χ1v) is 8.81. The van der Waals surface area contributed by atoms with Crippen molar-refractivity contribution in [1.29, 1.82) is 0 Å². The Balaban J connectivity index is 2.08. The Bertz CT molecular complexity index is 1100. The van der Waals surface area contributed by atoms with E-state index >= 15 is 0 Å². The van der Waals surface area contributed by atoms with Gasteiger partial charge in [-0.05, 0) is 33.0 Å². The summed E-state index contributed by atoms with van der Waals surface area (Å²) in [5, 5.41) is 8.58. The predicted octanol–water partition coefficient (Wildman–Crippen LogP) is 4.65. The summed E-state index contributed by atoms with van der Waals surface area (Å²) in [5.41, 5.74) is 0.436. The molecule has 0 bridgehead atoms. The highest BCUT2D eigenvalue weighted by atomic mass is 31.2. The Hall–Kier alpha value is -2.39. The second-order valence-electron chi connectivity index (χ2n) is 5.50. The van der Waals surface area contributed by atoms with Gasteiger partial charge in [0.25, 0.3) is 0 Å². The van der Waals surface area contributed by atoms with Crippen molar-refractivity contribution in [2.75, 3.05) is 5.09 Å². The molecule has 0 spiro atoms. The molecule has 0 fully saturated rings. The number of hydrogen-bond donors (Lipinski definition) is 3. The molecular formula is C18H14NO3P. The number of anilines is 1. The second kappa shape index (κ2) is 5.07. The van der Waals surface area contributed by atoms with Crippen molar-refractivity contribution in [3.63, 3.8) is 0 Å². The van der Waals surface area contributed by atoms with E-state index in [1.54, 1.807) is 12.1 Å². The molecule has 0 radical (unpaired) electrons. The van der Waals surface area contributed by atoms with Crippen LogP contribution in [0.3, 0.4) is 0 Å². The Morgan fingerprint density at radius 1 is 0.652 bits per heavy atom. The van der Waals surface area contributed by atoms with Gasteiger partial charge in [0.1, 0.15) is 0 Å². The first-order valence-electron chi connectivity index (χ1n) is 7.20.